The molecule has 2 fully saturated rings. The maximum atomic E-state index is 12.4. The summed E-state index contributed by atoms with van der Waals surface area (Å²) in [6.07, 6.45) is 3.44. The van der Waals surface area contributed by atoms with Crippen molar-refractivity contribution in [1.82, 2.24) is 10.2 Å². The molecule has 0 bridgehead atoms. The molecule has 5 nitrogen and oxygen atoms in total. The quantitative estimate of drug-likeness (QED) is 0.922. The number of rotatable bonds is 4. The molecule has 0 atom stereocenters. The largest absolute Gasteiger partial charge is 0.493 e. The van der Waals surface area contributed by atoms with Crippen molar-refractivity contribution < 1.29 is 14.3 Å². The number of benzene rings is 1. The van der Waals surface area contributed by atoms with Crippen molar-refractivity contribution in [3.63, 3.8) is 0 Å². The third kappa shape index (κ3) is 3.61. The predicted molar refractivity (Wildman–Crippen MR) is 89.0 cm³/mol. The number of nitrogens with zero attached hydrogens (tertiary/aromatic N) is 1. The Hall–Kier alpha value is -1.75. The molecule has 0 aliphatic carbocycles. The first kappa shape index (κ1) is 16.1. The van der Waals surface area contributed by atoms with Gasteiger partial charge in [0.25, 0.3) is 5.91 Å². The summed E-state index contributed by atoms with van der Waals surface area (Å²) < 4.78 is 11.0. The lowest BCUT2D eigenvalue weighted by Gasteiger charge is -2.38. The lowest BCUT2D eigenvalue weighted by molar-refractivity contribution is -0.135. The van der Waals surface area contributed by atoms with Gasteiger partial charge in [0.15, 0.2) is 18.1 Å². The van der Waals surface area contributed by atoms with E-state index in [4.69, 9.17) is 9.47 Å². The monoisotopic (exact) mass is 318 g/mol. The summed E-state index contributed by atoms with van der Waals surface area (Å²) in [4.78, 5) is 14.3. The first-order valence-corrected chi connectivity index (χ1v) is 8.38. The highest BCUT2D eigenvalue weighted by Crippen LogP contribution is 2.37. The van der Waals surface area contributed by atoms with Crippen molar-refractivity contribution in [2.45, 2.75) is 26.2 Å². The number of methoxy groups -OCH3 is 1. The lowest BCUT2D eigenvalue weighted by atomic mass is 9.78. The molecule has 2 saturated heterocycles. The van der Waals surface area contributed by atoms with Crippen LogP contribution in [-0.4, -0.2) is 50.7 Å². The molecule has 0 aromatic heterocycles. The zero-order chi connectivity index (χ0) is 16.3. The lowest BCUT2D eigenvalue weighted by Crippen LogP contribution is -2.45. The van der Waals surface area contributed by atoms with Crippen molar-refractivity contribution in [3.05, 3.63) is 23.8 Å². The van der Waals surface area contributed by atoms with Gasteiger partial charge in [-0.05, 0) is 55.8 Å². The Kier molecular flexibility index (Phi) is 4.76. The third-order valence-corrected chi connectivity index (χ3v) is 5.18. The van der Waals surface area contributed by atoms with Gasteiger partial charge >= 0.3 is 0 Å². The van der Waals surface area contributed by atoms with Crippen LogP contribution in [0.25, 0.3) is 0 Å². The fourth-order valence-electron chi connectivity index (χ4n) is 3.58. The number of amides is 1. The second-order valence-electron chi connectivity index (χ2n) is 6.75. The van der Waals surface area contributed by atoms with Crippen LogP contribution in [0.4, 0.5) is 0 Å². The van der Waals surface area contributed by atoms with Crippen LogP contribution in [-0.2, 0) is 4.79 Å². The van der Waals surface area contributed by atoms with E-state index in [2.05, 4.69) is 5.32 Å². The summed E-state index contributed by atoms with van der Waals surface area (Å²) >= 11 is 0. The highest BCUT2D eigenvalue weighted by atomic mass is 16.5. The van der Waals surface area contributed by atoms with Crippen LogP contribution in [0, 0.1) is 12.3 Å². The van der Waals surface area contributed by atoms with Crippen LogP contribution in [0.1, 0.15) is 24.8 Å². The van der Waals surface area contributed by atoms with E-state index in [1.54, 1.807) is 7.11 Å². The number of carbonyl (C=O) groups is 1. The van der Waals surface area contributed by atoms with Gasteiger partial charge < -0.3 is 19.7 Å². The second-order valence-corrected chi connectivity index (χ2v) is 6.75. The summed E-state index contributed by atoms with van der Waals surface area (Å²) in [6.45, 7) is 5.98. The average molecular weight is 318 g/mol. The molecule has 2 aliphatic heterocycles. The molecular weight excluding hydrogens is 292 g/mol. The van der Waals surface area contributed by atoms with Crippen LogP contribution in [0.15, 0.2) is 18.2 Å². The number of carbonyl (C=O) groups excluding carboxylic acids is 1. The van der Waals surface area contributed by atoms with Crippen LogP contribution in [0.3, 0.4) is 0 Å². The van der Waals surface area contributed by atoms with E-state index in [0.717, 1.165) is 44.6 Å². The molecule has 1 aromatic rings. The Bertz CT molecular complexity index is 557. The van der Waals surface area contributed by atoms with Crippen molar-refractivity contribution >= 4 is 5.91 Å². The van der Waals surface area contributed by atoms with Gasteiger partial charge in [-0.2, -0.15) is 0 Å². The highest BCUT2D eigenvalue weighted by Gasteiger charge is 2.38. The van der Waals surface area contributed by atoms with Gasteiger partial charge in [-0.1, -0.05) is 6.07 Å². The standard InChI is InChI=1S/C18H26N2O3/c1-14-3-4-15(16(11-14)22-2)23-12-17(21)20-9-6-18(7-10-20)5-8-19-13-18/h3-4,11,19H,5-10,12-13H2,1-2H3. The predicted octanol–water partition coefficient (Wildman–Crippen LogP) is 1.98. The maximum absolute atomic E-state index is 12.4. The Morgan fingerprint density at radius 2 is 2.04 bits per heavy atom. The van der Waals surface area contributed by atoms with E-state index in [9.17, 15) is 4.79 Å². The molecule has 2 heterocycles. The number of piperidine rings is 1. The van der Waals surface area contributed by atoms with Crippen LogP contribution < -0.4 is 14.8 Å². The van der Waals surface area contributed by atoms with E-state index in [-0.39, 0.29) is 12.5 Å². The summed E-state index contributed by atoms with van der Waals surface area (Å²) in [5, 5.41) is 3.45. The van der Waals surface area contributed by atoms with Gasteiger partial charge in [0, 0.05) is 19.6 Å². The van der Waals surface area contributed by atoms with E-state index in [1.807, 2.05) is 30.0 Å². The van der Waals surface area contributed by atoms with Gasteiger partial charge in [-0.25, -0.2) is 0 Å². The minimum Gasteiger partial charge on any atom is -0.493 e. The normalized spacial score (nSPS) is 19.8. The molecule has 23 heavy (non-hydrogen) atoms. The van der Waals surface area contributed by atoms with Crippen LogP contribution >= 0.6 is 0 Å². The number of ether oxygens (including phenoxy) is 2. The van der Waals surface area contributed by atoms with Gasteiger partial charge in [0.05, 0.1) is 7.11 Å². The van der Waals surface area contributed by atoms with Gasteiger partial charge in [0.1, 0.15) is 0 Å². The fourth-order valence-corrected chi connectivity index (χ4v) is 3.58. The molecular formula is C18H26N2O3. The first-order chi connectivity index (χ1) is 11.1. The molecule has 0 saturated carbocycles. The molecule has 1 amide bonds. The van der Waals surface area contributed by atoms with E-state index < -0.39 is 0 Å². The summed E-state index contributed by atoms with van der Waals surface area (Å²) in [7, 11) is 1.61. The molecule has 1 aromatic carbocycles. The Morgan fingerprint density at radius 3 is 2.70 bits per heavy atom. The fraction of sp³-hybridized carbons (Fsp3) is 0.611. The van der Waals surface area contributed by atoms with Gasteiger partial charge in [0.2, 0.25) is 0 Å². The Labute approximate surface area is 137 Å². The van der Waals surface area contributed by atoms with Crippen molar-refractivity contribution in [3.8, 4) is 11.5 Å². The van der Waals surface area contributed by atoms with Crippen molar-refractivity contribution in [2.75, 3.05) is 39.9 Å². The zero-order valence-corrected chi connectivity index (χ0v) is 14.1. The summed E-state index contributed by atoms with van der Waals surface area (Å²) in [5.74, 6) is 1.36. The Morgan fingerprint density at radius 1 is 1.26 bits per heavy atom. The van der Waals surface area contributed by atoms with E-state index >= 15 is 0 Å². The Balaban J connectivity index is 1.52. The molecule has 5 heteroatoms. The third-order valence-electron chi connectivity index (χ3n) is 5.18. The number of hydrogen-bond donors (Lipinski definition) is 1. The first-order valence-electron chi connectivity index (χ1n) is 8.38. The van der Waals surface area contributed by atoms with Crippen molar-refractivity contribution in [2.24, 2.45) is 5.41 Å². The summed E-state index contributed by atoms with van der Waals surface area (Å²) in [6, 6.07) is 5.73. The second kappa shape index (κ2) is 6.79. The average Bonchev–Trinajstić information content (AvgIpc) is 3.02. The zero-order valence-electron chi connectivity index (χ0n) is 14.1. The molecule has 126 valence electrons. The van der Waals surface area contributed by atoms with Crippen LogP contribution in [0.5, 0.6) is 11.5 Å². The topological polar surface area (TPSA) is 50.8 Å². The molecule has 1 spiro atoms. The molecule has 0 radical (unpaired) electrons. The smallest absolute Gasteiger partial charge is 0.260 e. The van der Waals surface area contributed by atoms with Gasteiger partial charge in [-0.3, -0.25) is 4.79 Å². The number of hydrogen-bond acceptors (Lipinski definition) is 4. The van der Waals surface area contributed by atoms with E-state index in [0.29, 0.717) is 16.9 Å². The minimum atomic E-state index is 0.0634. The number of likely N-dealkylation sites (tertiary alicyclic amines) is 1. The van der Waals surface area contributed by atoms with Gasteiger partial charge in [-0.15, -0.1) is 0 Å². The number of aryl methyl sites for hydroxylation is 1. The molecule has 3 rings (SSSR count). The highest BCUT2D eigenvalue weighted by molar-refractivity contribution is 5.78. The molecule has 2 aliphatic rings. The van der Waals surface area contributed by atoms with Crippen molar-refractivity contribution in [1.29, 1.82) is 0 Å². The van der Waals surface area contributed by atoms with E-state index in [1.165, 1.54) is 6.42 Å². The molecule has 1 N–H and O–H groups in total. The molecule has 0 unspecified atom stereocenters. The number of nitrogens with one attached hydrogen (secondary N) is 1. The maximum Gasteiger partial charge on any atom is 0.260 e. The van der Waals surface area contributed by atoms with Crippen LogP contribution in [0.2, 0.25) is 0 Å². The summed E-state index contributed by atoms with van der Waals surface area (Å²) in [5.41, 5.74) is 1.53. The minimum absolute atomic E-state index is 0.0634. The SMILES string of the molecule is COc1cc(C)ccc1OCC(=O)N1CCC2(CCNC2)CC1.